The number of amides is 2. The summed E-state index contributed by atoms with van der Waals surface area (Å²) in [6, 6.07) is 19.2. The van der Waals surface area contributed by atoms with Crippen LogP contribution in [0.2, 0.25) is 0 Å². The van der Waals surface area contributed by atoms with E-state index in [0.29, 0.717) is 9.93 Å². The van der Waals surface area contributed by atoms with Gasteiger partial charge in [0.2, 0.25) is 0 Å². The molecule has 1 aliphatic rings. The molecule has 0 saturated heterocycles. The molecule has 0 aromatic heterocycles. The van der Waals surface area contributed by atoms with Crippen molar-refractivity contribution in [1.82, 2.24) is 5.32 Å². The summed E-state index contributed by atoms with van der Waals surface area (Å²) in [5, 5.41) is 2.41. The molecule has 1 aliphatic heterocycles. The molecule has 0 radical (unpaired) electrons. The molecule has 4 heteroatoms. The van der Waals surface area contributed by atoms with Crippen molar-refractivity contribution in [3.05, 3.63) is 70.6 Å². The normalized spacial score (nSPS) is 15.2. The molecule has 1 unspecified atom stereocenters. The third-order valence-corrected chi connectivity index (χ3v) is 5.87. The van der Waals surface area contributed by atoms with Gasteiger partial charge in [0.1, 0.15) is 0 Å². The first kappa shape index (κ1) is 12.9. The quantitative estimate of drug-likeness (QED) is 0.671. The molecule has 2 aromatic rings. The van der Waals surface area contributed by atoms with Crippen molar-refractivity contribution < 1.29 is 9.59 Å². The van der Waals surface area contributed by atoms with Gasteiger partial charge in [-0.15, -0.1) is 0 Å². The molecule has 0 aliphatic carbocycles. The monoisotopic (exact) mass is 325 g/mol. The maximum absolute atomic E-state index is 12.0. The molecule has 0 bridgehead atoms. The van der Waals surface area contributed by atoms with Crippen LogP contribution in [0.1, 0.15) is 5.56 Å². The summed E-state index contributed by atoms with van der Waals surface area (Å²) in [7, 11) is 0. The molecule has 0 fully saturated rings. The summed E-state index contributed by atoms with van der Waals surface area (Å²) < 4.78 is 1.80. The first-order valence-electron chi connectivity index (χ1n) is 6.23. The molecule has 98 valence electrons. The van der Waals surface area contributed by atoms with E-state index in [2.05, 4.69) is 5.32 Å². The Hall–Kier alpha value is -2.12. The summed E-state index contributed by atoms with van der Waals surface area (Å²) in [5.41, 5.74) is 1.35. The fourth-order valence-corrected chi connectivity index (χ4v) is 4.65. The molecule has 0 saturated carbocycles. The second-order valence-electron chi connectivity index (χ2n) is 4.39. The Morgan fingerprint density at radius 3 is 2.00 bits per heavy atom. The van der Waals surface area contributed by atoms with Gasteiger partial charge in [0.05, 0.1) is 0 Å². The number of carbonyl (C=O) groups is 2. The number of hydrogen-bond donors (Lipinski definition) is 1. The van der Waals surface area contributed by atoms with Crippen LogP contribution in [0, 0.1) is 0 Å². The van der Waals surface area contributed by atoms with Crippen molar-refractivity contribution >= 4 is 37.5 Å². The Kier molecular flexibility index (Phi) is 3.53. The van der Waals surface area contributed by atoms with E-state index in [1.807, 2.05) is 60.7 Å². The Morgan fingerprint density at radius 2 is 1.35 bits per heavy atom. The maximum atomic E-state index is 12.0. The predicted octanol–water partition coefficient (Wildman–Crippen LogP) is 0.816. The first-order chi connectivity index (χ1) is 9.75. The number of nitrogens with one attached hydrogen (secondary N) is 1. The van der Waals surface area contributed by atoms with Gasteiger partial charge in [0.15, 0.2) is 0 Å². The second-order valence-corrected chi connectivity index (χ2v) is 7.18. The fourth-order valence-electron chi connectivity index (χ4n) is 2.12. The SMILES string of the molecule is O=C1NC(=O)C(c2ccccc2)=C1[AsH]c1ccccc1. The van der Waals surface area contributed by atoms with Crippen molar-refractivity contribution in [2.24, 2.45) is 0 Å². The average molecular weight is 325 g/mol. The predicted molar refractivity (Wildman–Crippen MR) is 79.7 cm³/mol. The van der Waals surface area contributed by atoms with Crippen LogP contribution in [-0.4, -0.2) is 27.6 Å². The molecule has 20 heavy (non-hydrogen) atoms. The zero-order valence-corrected chi connectivity index (χ0v) is 12.7. The van der Waals surface area contributed by atoms with Gasteiger partial charge in [-0.3, -0.25) is 0 Å². The summed E-state index contributed by atoms with van der Waals surface area (Å²) in [6.45, 7) is 0. The summed E-state index contributed by atoms with van der Waals surface area (Å²) in [5.74, 6) is -0.520. The van der Waals surface area contributed by atoms with Crippen LogP contribution < -0.4 is 9.67 Å². The molecule has 1 atom stereocenters. The fraction of sp³-hybridized carbons (Fsp3) is 0. The number of hydrogen-bond acceptors (Lipinski definition) is 2. The van der Waals surface area contributed by atoms with Crippen LogP contribution in [0.15, 0.2) is 65.0 Å². The molecular formula is C16H12AsNO2. The zero-order valence-electron chi connectivity index (χ0n) is 10.6. The van der Waals surface area contributed by atoms with E-state index in [0.717, 1.165) is 9.91 Å². The van der Waals surface area contributed by atoms with Crippen molar-refractivity contribution in [2.75, 3.05) is 0 Å². The van der Waals surface area contributed by atoms with Crippen molar-refractivity contribution in [2.45, 2.75) is 0 Å². The number of imide groups is 1. The molecule has 3 nitrogen and oxygen atoms in total. The van der Waals surface area contributed by atoms with Crippen LogP contribution in [0.3, 0.4) is 0 Å². The standard InChI is InChI=1S/C16H12AsNO2/c19-15-13(11-7-3-1-4-8-11)14(16(20)18-15)17-12-9-5-2-6-10-12/h1-10,17H,(H,18,19,20). The molecule has 2 aromatic carbocycles. The minimum atomic E-state index is -0.817. The van der Waals surface area contributed by atoms with Crippen LogP contribution in [-0.2, 0) is 9.59 Å². The molecule has 1 heterocycles. The van der Waals surface area contributed by atoms with E-state index >= 15 is 0 Å². The molecule has 1 N–H and O–H groups in total. The number of rotatable bonds is 3. The average Bonchev–Trinajstić information content (AvgIpc) is 2.75. The van der Waals surface area contributed by atoms with E-state index in [-0.39, 0.29) is 11.8 Å². The van der Waals surface area contributed by atoms with E-state index < -0.39 is 15.8 Å². The van der Waals surface area contributed by atoms with E-state index in [9.17, 15) is 9.59 Å². The Balaban J connectivity index is 2.05. The third-order valence-electron chi connectivity index (χ3n) is 3.04. The molecule has 3 rings (SSSR count). The van der Waals surface area contributed by atoms with E-state index in [4.69, 9.17) is 0 Å². The number of benzene rings is 2. The Bertz CT molecular complexity index is 693. The minimum absolute atomic E-state index is 0.238. The Labute approximate surface area is 123 Å². The van der Waals surface area contributed by atoms with Crippen molar-refractivity contribution in [3.8, 4) is 0 Å². The molecule has 2 amide bonds. The summed E-state index contributed by atoms with van der Waals surface area (Å²) >= 11 is -0.817. The Morgan fingerprint density at radius 1 is 0.750 bits per heavy atom. The van der Waals surface area contributed by atoms with Crippen LogP contribution >= 0.6 is 0 Å². The molecule has 0 spiro atoms. The van der Waals surface area contributed by atoms with Crippen LogP contribution in [0.5, 0.6) is 0 Å². The topological polar surface area (TPSA) is 46.2 Å². The van der Waals surface area contributed by atoms with Gasteiger partial charge < -0.3 is 0 Å². The van der Waals surface area contributed by atoms with Gasteiger partial charge >= 0.3 is 123 Å². The van der Waals surface area contributed by atoms with Crippen LogP contribution in [0.4, 0.5) is 0 Å². The summed E-state index contributed by atoms with van der Waals surface area (Å²) in [6.07, 6.45) is 0. The second kappa shape index (κ2) is 5.48. The number of carbonyl (C=O) groups excluding carboxylic acids is 2. The van der Waals surface area contributed by atoms with Gasteiger partial charge in [0.25, 0.3) is 0 Å². The van der Waals surface area contributed by atoms with Crippen molar-refractivity contribution in [1.29, 1.82) is 0 Å². The van der Waals surface area contributed by atoms with E-state index in [1.165, 1.54) is 0 Å². The van der Waals surface area contributed by atoms with Crippen molar-refractivity contribution in [3.63, 3.8) is 0 Å². The van der Waals surface area contributed by atoms with Gasteiger partial charge in [-0.25, -0.2) is 0 Å². The van der Waals surface area contributed by atoms with Crippen LogP contribution in [0.25, 0.3) is 5.57 Å². The van der Waals surface area contributed by atoms with E-state index in [1.54, 1.807) is 0 Å². The molecular weight excluding hydrogens is 313 g/mol. The van der Waals surface area contributed by atoms with Gasteiger partial charge in [-0.1, -0.05) is 0 Å². The first-order valence-corrected chi connectivity index (χ1v) is 8.33. The van der Waals surface area contributed by atoms with Gasteiger partial charge in [-0.05, 0) is 0 Å². The van der Waals surface area contributed by atoms with Gasteiger partial charge in [0, 0.05) is 0 Å². The third kappa shape index (κ3) is 2.45. The van der Waals surface area contributed by atoms with Gasteiger partial charge in [-0.2, -0.15) is 0 Å². The summed E-state index contributed by atoms with van der Waals surface area (Å²) in [4.78, 5) is 24.0. The zero-order chi connectivity index (χ0) is 13.9.